The van der Waals surface area contributed by atoms with Gasteiger partial charge >= 0.3 is 0 Å². The fourth-order valence-electron chi connectivity index (χ4n) is 1.42. The normalized spacial score (nSPS) is 10.1. The minimum Gasteiger partial charge on any atom is -0.323 e. The van der Waals surface area contributed by atoms with E-state index in [0.29, 0.717) is 27.4 Å². The second-order valence-corrected chi connectivity index (χ2v) is 3.43. The Bertz CT molecular complexity index is 573. The summed E-state index contributed by atoms with van der Waals surface area (Å²) in [6.45, 7) is 0. The summed E-state index contributed by atoms with van der Waals surface area (Å²) in [5.74, 6) is 5.81. The van der Waals surface area contributed by atoms with Crippen molar-refractivity contribution in [3.63, 3.8) is 0 Å². The Morgan fingerprint density at radius 1 is 1.44 bits per heavy atom. The molecule has 6 nitrogen and oxygen atoms in total. The predicted molar refractivity (Wildman–Crippen MR) is 62.4 cm³/mol. The second-order valence-electron chi connectivity index (χ2n) is 3.04. The molecule has 2 rings (SSSR count). The van der Waals surface area contributed by atoms with Crippen LogP contribution in [-0.4, -0.2) is 21.5 Å². The Balaban J connectivity index is 2.64. The van der Waals surface area contributed by atoms with Crippen molar-refractivity contribution >= 4 is 24.2 Å². The molecule has 82 valence electrons. The summed E-state index contributed by atoms with van der Waals surface area (Å²) in [5, 5.41) is 5.45. The van der Waals surface area contributed by atoms with Crippen LogP contribution in [-0.2, 0) is 0 Å². The van der Waals surface area contributed by atoms with Crippen molar-refractivity contribution in [2.45, 2.75) is 0 Å². The maximum absolute atomic E-state index is 11.0. The lowest BCUT2D eigenvalue weighted by molar-refractivity contribution is 0.112. The van der Waals surface area contributed by atoms with Gasteiger partial charge in [-0.25, -0.2) is 0 Å². The Morgan fingerprint density at radius 3 is 2.81 bits per heavy atom. The highest BCUT2D eigenvalue weighted by Crippen LogP contribution is 2.24. The number of nitrogens with two attached hydrogens (primary N) is 1. The lowest BCUT2D eigenvalue weighted by Gasteiger charge is -2.06. The van der Waals surface area contributed by atoms with Gasteiger partial charge in [0.05, 0.1) is 5.69 Å². The van der Waals surface area contributed by atoms with E-state index >= 15 is 0 Å². The van der Waals surface area contributed by atoms with Gasteiger partial charge in [0, 0.05) is 11.1 Å². The van der Waals surface area contributed by atoms with Crippen LogP contribution in [0.4, 0.5) is 5.69 Å². The number of aldehydes is 1. The molecule has 0 bridgehead atoms. The zero-order chi connectivity index (χ0) is 11.5. The van der Waals surface area contributed by atoms with E-state index in [1.165, 1.54) is 0 Å². The topological polar surface area (TPSA) is 99.6 Å². The fourth-order valence-corrected chi connectivity index (χ4v) is 1.56. The third kappa shape index (κ3) is 1.73. The van der Waals surface area contributed by atoms with Crippen LogP contribution in [0, 0.1) is 4.77 Å². The van der Waals surface area contributed by atoms with E-state index in [1.807, 2.05) is 0 Å². The van der Waals surface area contributed by atoms with Gasteiger partial charge in [-0.1, -0.05) is 12.1 Å². The van der Waals surface area contributed by atoms with Crippen LogP contribution >= 0.6 is 12.2 Å². The van der Waals surface area contributed by atoms with Gasteiger partial charge < -0.3 is 5.43 Å². The van der Waals surface area contributed by atoms with Gasteiger partial charge in [-0.3, -0.25) is 20.8 Å². The monoisotopic (exact) mass is 235 g/mol. The SMILES string of the molecule is NNc1cccc(-c2nc(=S)[nH][nH]2)c1C=O. The van der Waals surface area contributed by atoms with E-state index in [1.54, 1.807) is 18.2 Å². The quantitative estimate of drug-likeness (QED) is 0.277. The summed E-state index contributed by atoms with van der Waals surface area (Å²) in [7, 11) is 0. The minimum atomic E-state index is 0.331. The van der Waals surface area contributed by atoms with Gasteiger partial charge in [0.2, 0.25) is 4.77 Å². The molecule has 0 aliphatic carbocycles. The zero-order valence-corrected chi connectivity index (χ0v) is 8.97. The number of H-pyrrole nitrogens is 2. The summed E-state index contributed by atoms with van der Waals surface area (Å²) in [6.07, 6.45) is 0.718. The number of hydrogen-bond acceptors (Lipinski definition) is 5. The van der Waals surface area contributed by atoms with Crippen LogP contribution < -0.4 is 11.3 Å². The number of rotatable bonds is 3. The number of nitrogens with zero attached hydrogens (tertiary/aromatic N) is 1. The van der Waals surface area contributed by atoms with Crippen molar-refractivity contribution in [1.82, 2.24) is 15.2 Å². The van der Waals surface area contributed by atoms with Crippen LogP contribution in [0.5, 0.6) is 0 Å². The highest BCUT2D eigenvalue weighted by Gasteiger charge is 2.10. The van der Waals surface area contributed by atoms with Crippen LogP contribution in [0.15, 0.2) is 18.2 Å². The first-order valence-corrected chi connectivity index (χ1v) is 4.87. The molecule has 1 aromatic heterocycles. The van der Waals surface area contributed by atoms with Crippen LogP contribution in [0.3, 0.4) is 0 Å². The van der Waals surface area contributed by atoms with Gasteiger partial charge in [0.25, 0.3) is 0 Å². The number of aromatic amines is 2. The number of hydrazine groups is 1. The number of carbonyl (C=O) groups is 1. The summed E-state index contributed by atoms with van der Waals surface area (Å²) in [6, 6.07) is 5.23. The number of nitrogens with one attached hydrogen (secondary N) is 3. The smallest absolute Gasteiger partial charge is 0.213 e. The van der Waals surface area contributed by atoms with Gasteiger partial charge in [-0.2, -0.15) is 4.98 Å². The molecule has 2 aromatic rings. The number of benzene rings is 1. The standard InChI is InChI=1S/C9H9N5OS/c10-12-7-3-1-2-5(6(7)4-15)8-11-9(16)14-13-8/h1-4,12H,10H2,(H2,11,13,14,16). The number of nitrogen functional groups attached to an aromatic ring is 1. The summed E-state index contributed by atoms with van der Waals surface area (Å²) < 4.78 is 0.331. The summed E-state index contributed by atoms with van der Waals surface area (Å²) in [4.78, 5) is 15.1. The minimum absolute atomic E-state index is 0.331. The van der Waals surface area contributed by atoms with Crippen molar-refractivity contribution in [2.75, 3.05) is 5.43 Å². The fraction of sp³-hybridized carbons (Fsp3) is 0. The molecular formula is C9H9N5OS. The number of hydrogen-bond donors (Lipinski definition) is 4. The first-order chi connectivity index (χ1) is 7.76. The van der Waals surface area contributed by atoms with Crippen molar-refractivity contribution in [3.8, 4) is 11.4 Å². The Hall–Kier alpha value is -1.99. The van der Waals surface area contributed by atoms with E-state index in [4.69, 9.17) is 18.1 Å². The van der Waals surface area contributed by atoms with Crippen LogP contribution in [0.1, 0.15) is 10.4 Å². The molecule has 0 fully saturated rings. The van der Waals surface area contributed by atoms with Crippen molar-refractivity contribution in [1.29, 1.82) is 0 Å². The molecule has 7 heteroatoms. The Labute approximate surface area is 95.9 Å². The average Bonchev–Trinajstić information content (AvgIpc) is 2.74. The third-order valence-corrected chi connectivity index (χ3v) is 2.33. The predicted octanol–water partition coefficient (Wildman–Crippen LogP) is 1.23. The molecule has 0 saturated carbocycles. The van der Waals surface area contributed by atoms with Gasteiger partial charge in [0.15, 0.2) is 12.1 Å². The largest absolute Gasteiger partial charge is 0.323 e. The highest BCUT2D eigenvalue weighted by atomic mass is 32.1. The molecule has 0 aliphatic heterocycles. The molecule has 0 amide bonds. The van der Waals surface area contributed by atoms with Gasteiger partial charge in [-0.05, 0) is 18.3 Å². The first kappa shape index (κ1) is 10.5. The number of carbonyl (C=O) groups excluding carboxylic acids is 1. The highest BCUT2D eigenvalue weighted by molar-refractivity contribution is 7.71. The number of aromatic nitrogens is 3. The molecular weight excluding hydrogens is 226 g/mol. The third-order valence-electron chi connectivity index (χ3n) is 2.14. The maximum atomic E-state index is 11.0. The van der Waals surface area contributed by atoms with Gasteiger partial charge in [-0.15, -0.1) is 0 Å². The molecule has 0 radical (unpaired) electrons. The van der Waals surface area contributed by atoms with Crippen molar-refractivity contribution in [3.05, 3.63) is 28.5 Å². The maximum Gasteiger partial charge on any atom is 0.213 e. The molecule has 0 unspecified atom stereocenters. The molecule has 0 saturated heterocycles. The molecule has 1 heterocycles. The zero-order valence-electron chi connectivity index (χ0n) is 8.15. The lowest BCUT2D eigenvalue weighted by atomic mass is 10.1. The van der Waals surface area contributed by atoms with E-state index < -0.39 is 0 Å². The molecule has 16 heavy (non-hydrogen) atoms. The van der Waals surface area contributed by atoms with Crippen LogP contribution in [0.25, 0.3) is 11.4 Å². The van der Waals surface area contributed by atoms with Crippen LogP contribution in [0.2, 0.25) is 0 Å². The molecule has 5 N–H and O–H groups in total. The summed E-state index contributed by atoms with van der Waals surface area (Å²) in [5.41, 5.74) is 4.06. The van der Waals surface area contributed by atoms with E-state index in [9.17, 15) is 4.79 Å². The van der Waals surface area contributed by atoms with E-state index in [-0.39, 0.29) is 0 Å². The molecule has 0 atom stereocenters. The number of anilines is 1. The molecule has 0 spiro atoms. The van der Waals surface area contributed by atoms with Crippen molar-refractivity contribution in [2.24, 2.45) is 5.84 Å². The first-order valence-electron chi connectivity index (χ1n) is 4.46. The second kappa shape index (κ2) is 4.25. The van der Waals surface area contributed by atoms with Crippen molar-refractivity contribution < 1.29 is 4.79 Å². The molecule has 1 aromatic carbocycles. The Morgan fingerprint density at radius 2 is 2.25 bits per heavy atom. The average molecular weight is 235 g/mol. The molecule has 0 aliphatic rings. The van der Waals surface area contributed by atoms with E-state index in [0.717, 1.165) is 6.29 Å². The Kier molecular flexibility index (Phi) is 2.80. The van der Waals surface area contributed by atoms with E-state index in [2.05, 4.69) is 20.6 Å². The van der Waals surface area contributed by atoms with Gasteiger partial charge in [0.1, 0.15) is 0 Å². The summed E-state index contributed by atoms with van der Waals surface area (Å²) >= 11 is 4.85. The lowest BCUT2D eigenvalue weighted by Crippen LogP contribution is -2.09.